The summed E-state index contributed by atoms with van der Waals surface area (Å²) in [5, 5.41) is 11.7. The molecule has 1 aliphatic carbocycles. The van der Waals surface area contributed by atoms with Crippen molar-refractivity contribution in [2.24, 2.45) is 16.7 Å². The van der Waals surface area contributed by atoms with Crippen molar-refractivity contribution >= 4 is 11.9 Å². The number of carbonyl (C=O) groups is 2. The minimum Gasteiger partial charge on any atom is -0.481 e. The van der Waals surface area contributed by atoms with E-state index in [0.29, 0.717) is 0 Å². The van der Waals surface area contributed by atoms with Gasteiger partial charge in [0, 0.05) is 6.04 Å². The zero-order valence-corrected chi connectivity index (χ0v) is 12.0. The first-order valence-electron chi connectivity index (χ1n) is 6.56. The Bertz CT molecular complexity index is 331. The van der Waals surface area contributed by atoms with E-state index in [-0.39, 0.29) is 22.8 Å². The van der Waals surface area contributed by atoms with E-state index in [1.54, 1.807) is 0 Å². The van der Waals surface area contributed by atoms with Crippen LogP contribution in [-0.4, -0.2) is 23.0 Å². The quantitative estimate of drug-likeness (QED) is 0.761. The van der Waals surface area contributed by atoms with E-state index in [0.717, 1.165) is 19.3 Å². The van der Waals surface area contributed by atoms with Crippen molar-refractivity contribution in [2.75, 3.05) is 0 Å². The van der Waals surface area contributed by atoms with Gasteiger partial charge in [0.25, 0.3) is 0 Å². The third kappa shape index (κ3) is 4.00. The van der Waals surface area contributed by atoms with Gasteiger partial charge in [0.15, 0.2) is 0 Å². The van der Waals surface area contributed by atoms with Crippen molar-refractivity contribution in [3.63, 3.8) is 0 Å². The molecular formula is C14H25NO3. The molecule has 1 fully saturated rings. The average molecular weight is 255 g/mol. The molecule has 0 bridgehead atoms. The predicted octanol–water partition coefficient (Wildman–Crippen LogP) is 2.43. The van der Waals surface area contributed by atoms with Crippen LogP contribution in [0.3, 0.4) is 0 Å². The molecule has 104 valence electrons. The smallest absolute Gasteiger partial charge is 0.315 e. The molecule has 0 aromatic rings. The number of hydrogen-bond donors (Lipinski definition) is 2. The fraction of sp³-hybridized carbons (Fsp3) is 0.857. The van der Waals surface area contributed by atoms with Crippen LogP contribution in [0.2, 0.25) is 0 Å². The van der Waals surface area contributed by atoms with E-state index in [4.69, 9.17) is 5.11 Å². The summed E-state index contributed by atoms with van der Waals surface area (Å²) in [5.74, 6) is -2.42. The zero-order valence-electron chi connectivity index (χ0n) is 12.0. The number of carboxylic acids is 1. The first-order valence-corrected chi connectivity index (χ1v) is 6.56. The van der Waals surface area contributed by atoms with Crippen LogP contribution in [-0.2, 0) is 9.59 Å². The van der Waals surface area contributed by atoms with Crippen molar-refractivity contribution in [2.45, 2.75) is 59.9 Å². The second-order valence-corrected chi connectivity index (χ2v) is 7.18. The summed E-state index contributed by atoms with van der Waals surface area (Å²) >= 11 is 0. The van der Waals surface area contributed by atoms with Gasteiger partial charge < -0.3 is 10.4 Å². The molecule has 18 heavy (non-hydrogen) atoms. The molecule has 0 aromatic carbocycles. The molecule has 0 aliphatic heterocycles. The number of nitrogens with one attached hydrogen (secondary N) is 1. The number of hydrogen-bond acceptors (Lipinski definition) is 2. The van der Waals surface area contributed by atoms with E-state index < -0.39 is 11.9 Å². The SMILES string of the molecule is CC(C(=O)O)C(=O)NC1CC(C)(C)CC(C)(C)C1. The van der Waals surface area contributed by atoms with Crippen LogP contribution in [0.5, 0.6) is 0 Å². The molecule has 0 heterocycles. The fourth-order valence-electron chi connectivity index (χ4n) is 3.39. The monoisotopic (exact) mass is 255 g/mol. The third-order valence-electron chi connectivity index (χ3n) is 3.67. The van der Waals surface area contributed by atoms with Gasteiger partial charge in [0.2, 0.25) is 5.91 Å². The average Bonchev–Trinajstić information content (AvgIpc) is 2.10. The van der Waals surface area contributed by atoms with Gasteiger partial charge in [-0.3, -0.25) is 9.59 Å². The second-order valence-electron chi connectivity index (χ2n) is 7.18. The molecule has 1 saturated carbocycles. The highest BCUT2D eigenvalue weighted by Crippen LogP contribution is 2.45. The van der Waals surface area contributed by atoms with Gasteiger partial charge in [-0.15, -0.1) is 0 Å². The number of aliphatic carboxylic acids is 1. The van der Waals surface area contributed by atoms with Crippen LogP contribution in [0, 0.1) is 16.7 Å². The highest BCUT2D eigenvalue weighted by molar-refractivity contribution is 5.96. The Hall–Kier alpha value is -1.06. The summed E-state index contributed by atoms with van der Waals surface area (Å²) in [6.07, 6.45) is 2.95. The molecule has 1 amide bonds. The Labute approximate surface area is 109 Å². The van der Waals surface area contributed by atoms with E-state index in [2.05, 4.69) is 33.0 Å². The lowest BCUT2D eigenvalue weighted by Crippen LogP contribution is -2.48. The van der Waals surface area contributed by atoms with Crippen molar-refractivity contribution in [3.05, 3.63) is 0 Å². The van der Waals surface area contributed by atoms with E-state index in [1.807, 2.05) is 0 Å². The summed E-state index contributed by atoms with van der Waals surface area (Å²) in [5.41, 5.74) is 0.373. The van der Waals surface area contributed by atoms with Crippen LogP contribution in [0.25, 0.3) is 0 Å². The standard InChI is InChI=1S/C14H25NO3/c1-9(12(17)18)11(16)15-10-6-13(2,3)8-14(4,5)7-10/h9-10H,6-8H2,1-5H3,(H,15,16)(H,17,18). The van der Waals surface area contributed by atoms with Gasteiger partial charge in [-0.25, -0.2) is 0 Å². The van der Waals surface area contributed by atoms with Gasteiger partial charge in [-0.05, 0) is 37.0 Å². The van der Waals surface area contributed by atoms with Crippen LogP contribution in [0.4, 0.5) is 0 Å². The lowest BCUT2D eigenvalue weighted by Gasteiger charge is -2.45. The first kappa shape index (κ1) is 15.0. The van der Waals surface area contributed by atoms with Gasteiger partial charge in [0.1, 0.15) is 5.92 Å². The minimum absolute atomic E-state index is 0.0815. The maximum atomic E-state index is 11.8. The molecular weight excluding hydrogens is 230 g/mol. The van der Waals surface area contributed by atoms with E-state index >= 15 is 0 Å². The van der Waals surface area contributed by atoms with Gasteiger partial charge >= 0.3 is 5.97 Å². The largest absolute Gasteiger partial charge is 0.481 e. The summed E-state index contributed by atoms with van der Waals surface area (Å²) < 4.78 is 0. The number of amides is 1. The molecule has 0 saturated heterocycles. The third-order valence-corrected chi connectivity index (χ3v) is 3.67. The van der Waals surface area contributed by atoms with Crippen LogP contribution in [0.1, 0.15) is 53.9 Å². The van der Waals surface area contributed by atoms with E-state index in [1.165, 1.54) is 6.92 Å². The lowest BCUT2D eigenvalue weighted by atomic mass is 9.63. The van der Waals surface area contributed by atoms with Crippen LogP contribution >= 0.6 is 0 Å². The minimum atomic E-state index is -1.07. The molecule has 1 unspecified atom stereocenters. The van der Waals surface area contributed by atoms with Crippen molar-refractivity contribution < 1.29 is 14.7 Å². The predicted molar refractivity (Wildman–Crippen MR) is 70.1 cm³/mol. The maximum absolute atomic E-state index is 11.8. The highest BCUT2D eigenvalue weighted by Gasteiger charge is 2.39. The Morgan fingerprint density at radius 2 is 1.61 bits per heavy atom. The zero-order chi connectivity index (χ0) is 14.1. The molecule has 4 nitrogen and oxygen atoms in total. The number of carboxylic acid groups (broad SMARTS) is 1. The lowest BCUT2D eigenvalue weighted by molar-refractivity contribution is -0.146. The molecule has 0 spiro atoms. The molecule has 2 N–H and O–H groups in total. The number of rotatable bonds is 3. The second kappa shape index (κ2) is 4.90. The summed E-state index contributed by atoms with van der Waals surface area (Å²) in [6.45, 7) is 10.2. The molecule has 4 heteroatoms. The Morgan fingerprint density at radius 1 is 1.17 bits per heavy atom. The topological polar surface area (TPSA) is 66.4 Å². The molecule has 1 rings (SSSR count). The van der Waals surface area contributed by atoms with Crippen LogP contribution in [0.15, 0.2) is 0 Å². The summed E-state index contributed by atoms with van der Waals surface area (Å²) in [7, 11) is 0. The normalized spacial score (nSPS) is 24.3. The Morgan fingerprint density at radius 3 is 2.00 bits per heavy atom. The number of carbonyl (C=O) groups excluding carboxylic acids is 1. The first-order chi connectivity index (χ1) is 8.02. The van der Waals surface area contributed by atoms with Gasteiger partial charge in [-0.1, -0.05) is 27.7 Å². The van der Waals surface area contributed by atoms with Gasteiger partial charge in [-0.2, -0.15) is 0 Å². The Balaban J connectivity index is 2.67. The summed E-state index contributed by atoms with van der Waals surface area (Å²) in [4.78, 5) is 22.6. The van der Waals surface area contributed by atoms with Crippen LogP contribution < -0.4 is 5.32 Å². The molecule has 1 atom stereocenters. The highest BCUT2D eigenvalue weighted by atomic mass is 16.4. The molecule has 0 radical (unpaired) electrons. The van der Waals surface area contributed by atoms with Crippen molar-refractivity contribution in [1.29, 1.82) is 0 Å². The molecule has 0 aromatic heterocycles. The van der Waals surface area contributed by atoms with E-state index in [9.17, 15) is 9.59 Å². The maximum Gasteiger partial charge on any atom is 0.315 e. The molecule has 1 aliphatic rings. The van der Waals surface area contributed by atoms with Crippen molar-refractivity contribution in [3.8, 4) is 0 Å². The van der Waals surface area contributed by atoms with Crippen molar-refractivity contribution in [1.82, 2.24) is 5.32 Å². The fourth-order valence-corrected chi connectivity index (χ4v) is 3.39. The van der Waals surface area contributed by atoms with Gasteiger partial charge in [0.05, 0.1) is 0 Å². The Kier molecular flexibility index (Phi) is 4.08. The summed E-state index contributed by atoms with van der Waals surface area (Å²) in [6, 6.07) is 0.0815.